The Bertz CT molecular complexity index is 174. The average molecular weight is 186 g/mol. The highest BCUT2D eigenvalue weighted by molar-refractivity contribution is 5.73. The van der Waals surface area contributed by atoms with Gasteiger partial charge in [-0.05, 0) is 13.8 Å². The monoisotopic (exact) mass is 186 g/mol. The van der Waals surface area contributed by atoms with Crippen LogP contribution < -0.4 is 5.73 Å². The standard InChI is InChI=1S/C9H18N2O2/c1-7-5-11(4-3-9(10)12)6-8(2)13-7/h7-8H,3-6H2,1-2H3,(H2,10,12)/t7-,8?/m1/s1. The van der Waals surface area contributed by atoms with Gasteiger partial charge in [0.1, 0.15) is 0 Å². The van der Waals surface area contributed by atoms with Gasteiger partial charge in [-0.25, -0.2) is 0 Å². The molecule has 1 unspecified atom stereocenters. The van der Waals surface area contributed by atoms with Gasteiger partial charge in [-0.2, -0.15) is 0 Å². The molecule has 0 aliphatic carbocycles. The van der Waals surface area contributed by atoms with Crippen LogP contribution >= 0.6 is 0 Å². The fourth-order valence-electron chi connectivity index (χ4n) is 1.74. The Morgan fingerprint density at radius 3 is 2.46 bits per heavy atom. The van der Waals surface area contributed by atoms with Crippen LogP contribution in [-0.2, 0) is 9.53 Å². The van der Waals surface area contributed by atoms with Gasteiger partial charge in [-0.1, -0.05) is 0 Å². The van der Waals surface area contributed by atoms with E-state index in [4.69, 9.17) is 10.5 Å². The molecule has 1 fully saturated rings. The third kappa shape index (κ3) is 3.74. The molecule has 0 aromatic carbocycles. The number of amides is 1. The average Bonchev–Trinajstić information content (AvgIpc) is 1.99. The fourth-order valence-corrected chi connectivity index (χ4v) is 1.74. The molecule has 0 radical (unpaired) electrons. The molecule has 2 atom stereocenters. The van der Waals surface area contributed by atoms with Crippen LogP contribution in [0.4, 0.5) is 0 Å². The molecule has 0 aromatic heterocycles. The summed E-state index contributed by atoms with van der Waals surface area (Å²) < 4.78 is 5.57. The van der Waals surface area contributed by atoms with Crippen LogP contribution in [0.2, 0.25) is 0 Å². The normalized spacial score (nSPS) is 30.3. The van der Waals surface area contributed by atoms with E-state index in [1.54, 1.807) is 0 Å². The number of carbonyl (C=O) groups is 1. The van der Waals surface area contributed by atoms with Crippen molar-refractivity contribution in [3.8, 4) is 0 Å². The molecular weight excluding hydrogens is 168 g/mol. The highest BCUT2D eigenvalue weighted by Crippen LogP contribution is 2.10. The zero-order valence-electron chi connectivity index (χ0n) is 8.32. The van der Waals surface area contributed by atoms with E-state index >= 15 is 0 Å². The molecule has 1 aliphatic heterocycles. The number of primary amides is 1. The number of ether oxygens (including phenoxy) is 1. The number of rotatable bonds is 3. The van der Waals surface area contributed by atoms with Gasteiger partial charge in [0.25, 0.3) is 0 Å². The minimum Gasteiger partial charge on any atom is -0.373 e. The van der Waals surface area contributed by atoms with E-state index in [9.17, 15) is 4.79 Å². The van der Waals surface area contributed by atoms with Crippen molar-refractivity contribution in [3.05, 3.63) is 0 Å². The lowest BCUT2D eigenvalue weighted by Gasteiger charge is -2.34. The predicted molar refractivity (Wildman–Crippen MR) is 50.3 cm³/mol. The number of carbonyl (C=O) groups excluding carboxylic acids is 1. The lowest BCUT2D eigenvalue weighted by Crippen LogP contribution is -2.46. The van der Waals surface area contributed by atoms with Crippen LogP contribution in [-0.4, -0.2) is 42.6 Å². The smallest absolute Gasteiger partial charge is 0.218 e. The molecule has 1 heterocycles. The van der Waals surface area contributed by atoms with Crippen molar-refractivity contribution < 1.29 is 9.53 Å². The molecule has 2 N–H and O–H groups in total. The largest absolute Gasteiger partial charge is 0.373 e. The maximum atomic E-state index is 10.6. The minimum absolute atomic E-state index is 0.230. The zero-order chi connectivity index (χ0) is 9.84. The van der Waals surface area contributed by atoms with Crippen LogP contribution in [0.5, 0.6) is 0 Å². The van der Waals surface area contributed by atoms with Gasteiger partial charge in [-0.3, -0.25) is 9.69 Å². The second-order valence-electron chi connectivity index (χ2n) is 3.73. The quantitative estimate of drug-likeness (QED) is 0.673. The van der Waals surface area contributed by atoms with Crippen molar-refractivity contribution in [2.24, 2.45) is 5.73 Å². The molecule has 1 aliphatic rings. The van der Waals surface area contributed by atoms with Crippen molar-refractivity contribution in [3.63, 3.8) is 0 Å². The van der Waals surface area contributed by atoms with Crippen LogP contribution in [0.15, 0.2) is 0 Å². The Kier molecular flexibility index (Phi) is 3.69. The first-order valence-corrected chi connectivity index (χ1v) is 4.74. The van der Waals surface area contributed by atoms with Gasteiger partial charge in [-0.15, -0.1) is 0 Å². The summed E-state index contributed by atoms with van der Waals surface area (Å²) in [5.41, 5.74) is 5.08. The number of morpholine rings is 1. The summed E-state index contributed by atoms with van der Waals surface area (Å²) in [6, 6.07) is 0. The van der Waals surface area contributed by atoms with Crippen LogP contribution in [0.3, 0.4) is 0 Å². The van der Waals surface area contributed by atoms with E-state index in [1.807, 2.05) is 13.8 Å². The first-order chi connectivity index (χ1) is 6.08. The summed E-state index contributed by atoms with van der Waals surface area (Å²) in [6.45, 7) is 6.66. The third-order valence-corrected chi connectivity index (χ3v) is 2.17. The van der Waals surface area contributed by atoms with E-state index in [0.717, 1.165) is 19.6 Å². The van der Waals surface area contributed by atoms with E-state index < -0.39 is 0 Å². The lowest BCUT2D eigenvalue weighted by atomic mass is 10.2. The first kappa shape index (κ1) is 10.5. The lowest BCUT2D eigenvalue weighted by molar-refractivity contribution is -0.119. The maximum absolute atomic E-state index is 10.6. The third-order valence-electron chi connectivity index (χ3n) is 2.17. The van der Waals surface area contributed by atoms with Crippen molar-refractivity contribution in [2.45, 2.75) is 32.5 Å². The topological polar surface area (TPSA) is 55.6 Å². The van der Waals surface area contributed by atoms with Crippen molar-refractivity contribution in [1.29, 1.82) is 0 Å². The summed E-state index contributed by atoms with van der Waals surface area (Å²) in [4.78, 5) is 12.8. The molecule has 13 heavy (non-hydrogen) atoms. The summed E-state index contributed by atoms with van der Waals surface area (Å²) in [7, 11) is 0. The van der Waals surface area contributed by atoms with Gasteiger partial charge < -0.3 is 10.5 Å². The Morgan fingerprint density at radius 1 is 1.46 bits per heavy atom. The predicted octanol–water partition coefficient (Wildman–Crippen LogP) is -0.0290. The van der Waals surface area contributed by atoms with Crippen molar-refractivity contribution in [1.82, 2.24) is 4.90 Å². The zero-order valence-corrected chi connectivity index (χ0v) is 8.32. The van der Waals surface area contributed by atoms with E-state index in [2.05, 4.69) is 4.90 Å². The maximum Gasteiger partial charge on any atom is 0.218 e. The molecule has 1 rings (SSSR count). The molecule has 76 valence electrons. The molecule has 1 amide bonds. The molecule has 0 bridgehead atoms. The summed E-state index contributed by atoms with van der Waals surface area (Å²) >= 11 is 0. The fraction of sp³-hybridized carbons (Fsp3) is 0.889. The van der Waals surface area contributed by atoms with Crippen molar-refractivity contribution in [2.75, 3.05) is 19.6 Å². The molecule has 4 heteroatoms. The van der Waals surface area contributed by atoms with Crippen LogP contribution in [0.1, 0.15) is 20.3 Å². The Balaban J connectivity index is 2.28. The van der Waals surface area contributed by atoms with Crippen LogP contribution in [0, 0.1) is 0 Å². The Labute approximate surface area is 79.0 Å². The van der Waals surface area contributed by atoms with Crippen molar-refractivity contribution >= 4 is 5.91 Å². The number of nitrogens with zero attached hydrogens (tertiary/aromatic N) is 1. The number of nitrogens with two attached hydrogens (primary N) is 1. The van der Waals surface area contributed by atoms with Gasteiger partial charge in [0.2, 0.25) is 5.91 Å². The number of hydrogen-bond donors (Lipinski definition) is 1. The summed E-state index contributed by atoms with van der Waals surface area (Å²) in [6.07, 6.45) is 0.965. The molecule has 1 saturated heterocycles. The molecular formula is C9H18N2O2. The van der Waals surface area contributed by atoms with Crippen LogP contribution in [0.25, 0.3) is 0 Å². The highest BCUT2D eigenvalue weighted by atomic mass is 16.5. The number of hydrogen-bond acceptors (Lipinski definition) is 3. The summed E-state index contributed by atoms with van der Waals surface area (Å²) in [5, 5.41) is 0. The van der Waals surface area contributed by atoms with Gasteiger partial charge >= 0.3 is 0 Å². The molecule has 0 aromatic rings. The SMILES string of the molecule is CC1CN(CCC(N)=O)C[C@@H](C)O1. The minimum atomic E-state index is -0.230. The second kappa shape index (κ2) is 4.58. The van der Waals surface area contributed by atoms with E-state index in [-0.39, 0.29) is 18.1 Å². The van der Waals surface area contributed by atoms with Gasteiger partial charge in [0, 0.05) is 26.1 Å². The molecule has 4 nitrogen and oxygen atoms in total. The highest BCUT2D eigenvalue weighted by Gasteiger charge is 2.21. The van der Waals surface area contributed by atoms with Gasteiger partial charge in [0.15, 0.2) is 0 Å². The first-order valence-electron chi connectivity index (χ1n) is 4.74. The van der Waals surface area contributed by atoms with E-state index in [1.165, 1.54) is 0 Å². The summed E-state index contributed by atoms with van der Waals surface area (Å²) in [5.74, 6) is -0.230. The Hall–Kier alpha value is -0.610. The molecule has 0 saturated carbocycles. The second-order valence-corrected chi connectivity index (χ2v) is 3.73. The Morgan fingerprint density at radius 2 is 2.00 bits per heavy atom. The molecule has 0 spiro atoms. The van der Waals surface area contributed by atoms with Gasteiger partial charge in [0.05, 0.1) is 12.2 Å². The van der Waals surface area contributed by atoms with E-state index in [0.29, 0.717) is 6.42 Å².